The number of pyridine rings is 1. The van der Waals surface area contributed by atoms with Crippen LogP contribution in [0.25, 0.3) is 0 Å². The zero-order chi connectivity index (χ0) is 13.4. The number of unbranched alkanes of at least 4 members (excludes halogenated alkanes) is 2. The Labute approximate surface area is 108 Å². The van der Waals surface area contributed by atoms with Crippen LogP contribution >= 0.6 is 0 Å². The smallest absolute Gasteiger partial charge is 0.270 e. The van der Waals surface area contributed by atoms with Crippen LogP contribution < -0.4 is 5.32 Å². The van der Waals surface area contributed by atoms with Crippen molar-refractivity contribution in [2.45, 2.75) is 45.1 Å². The summed E-state index contributed by atoms with van der Waals surface area (Å²) in [5.41, 5.74) is 0.149. The van der Waals surface area contributed by atoms with Gasteiger partial charge in [-0.1, -0.05) is 12.5 Å². The predicted octanol–water partition coefficient (Wildman–Crippen LogP) is 2.35. The average molecular weight is 248 g/mol. The Bertz CT molecular complexity index is 388. The lowest BCUT2D eigenvalue weighted by molar-refractivity contribution is -0.107. The second kappa shape index (κ2) is 6.89. The number of rotatable bonds is 7. The van der Waals surface area contributed by atoms with E-state index in [1.165, 1.54) is 0 Å². The Kier molecular flexibility index (Phi) is 5.49. The number of nitrogens with zero attached hydrogens (tertiary/aromatic N) is 1. The fraction of sp³-hybridized carbons (Fsp3) is 0.500. The van der Waals surface area contributed by atoms with E-state index < -0.39 is 0 Å². The summed E-state index contributed by atoms with van der Waals surface area (Å²) in [5, 5.41) is 2.96. The average Bonchev–Trinajstić information content (AvgIpc) is 2.35. The topological polar surface area (TPSA) is 59.1 Å². The Hall–Kier alpha value is -1.71. The Morgan fingerprint density at radius 3 is 2.78 bits per heavy atom. The van der Waals surface area contributed by atoms with Crippen molar-refractivity contribution in [3.63, 3.8) is 0 Å². The van der Waals surface area contributed by atoms with Crippen LogP contribution in [0.3, 0.4) is 0 Å². The molecule has 0 spiro atoms. The summed E-state index contributed by atoms with van der Waals surface area (Å²) >= 11 is 0. The van der Waals surface area contributed by atoms with Crippen molar-refractivity contribution in [1.82, 2.24) is 10.3 Å². The molecule has 1 rings (SSSR count). The molecule has 1 heterocycles. The first-order valence-corrected chi connectivity index (χ1v) is 6.22. The highest BCUT2D eigenvalue weighted by molar-refractivity contribution is 5.92. The van der Waals surface area contributed by atoms with E-state index in [4.69, 9.17) is 0 Å². The van der Waals surface area contributed by atoms with Gasteiger partial charge >= 0.3 is 0 Å². The van der Waals surface area contributed by atoms with E-state index in [0.29, 0.717) is 12.1 Å². The van der Waals surface area contributed by atoms with Crippen LogP contribution in [0.15, 0.2) is 24.4 Å². The summed E-state index contributed by atoms with van der Waals surface area (Å²) in [6.45, 7) is 3.96. The molecule has 4 heteroatoms. The van der Waals surface area contributed by atoms with Crippen molar-refractivity contribution in [2.24, 2.45) is 0 Å². The third kappa shape index (κ3) is 5.08. The summed E-state index contributed by atoms with van der Waals surface area (Å²) in [7, 11) is 0. The molecular formula is C14H20N2O2. The molecule has 0 saturated carbocycles. The molecule has 0 saturated heterocycles. The van der Waals surface area contributed by atoms with E-state index in [9.17, 15) is 9.59 Å². The first-order valence-electron chi connectivity index (χ1n) is 6.22. The van der Waals surface area contributed by atoms with Crippen molar-refractivity contribution >= 4 is 12.2 Å². The molecule has 1 aromatic heterocycles. The fourth-order valence-electron chi connectivity index (χ4n) is 1.73. The molecule has 98 valence electrons. The SMILES string of the molecule is CC(C)(CCCCC=O)NC(=O)c1ccccn1. The van der Waals surface area contributed by atoms with Crippen LogP contribution in [0.4, 0.5) is 0 Å². The summed E-state index contributed by atoms with van der Waals surface area (Å²) in [6, 6.07) is 5.26. The minimum absolute atomic E-state index is 0.156. The van der Waals surface area contributed by atoms with Crippen molar-refractivity contribution in [3.05, 3.63) is 30.1 Å². The first kappa shape index (κ1) is 14.4. The normalized spacial score (nSPS) is 11.0. The van der Waals surface area contributed by atoms with Gasteiger partial charge in [0.1, 0.15) is 12.0 Å². The number of aromatic nitrogens is 1. The predicted molar refractivity (Wildman–Crippen MR) is 70.3 cm³/mol. The molecule has 0 atom stereocenters. The Balaban J connectivity index is 2.44. The van der Waals surface area contributed by atoms with Gasteiger partial charge in [-0.25, -0.2) is 0 Å². The van der Waals surface area contributed by atoms with Crippen LogP contribution in [0.5, 0.6) is 0 Å². The van der Waals surface area contributed by atoms with Gasteiger partial charge in [0.05, 0.1) is 0 Å². The van der Waals surface area contributed by atoms with Gasteiger partial charge in [-0.3, -0.25) is 9.78 Å². The molecule has 18 heavy (non-hydrogen) atoms. The molecule has 0 aliphatic heterocycles. The van der Waals surface area contributed by atoms with Gasteiger partial charge in [-0.15, -0.1) is 0 Å². The minimum atomic E-state index is -0.280. The third-order valence-electron chi connectivity index (χ3n) is 2.72. The highest BCUT2D eigenvalue weighted by Gasteiger charge is 2.20. The fourth-order valence-corrected chi connectivity index (χ4v) is 1.73. The van der Waals surface area contributed by atoms with Gasteiger partial charge in [0, 0.05) is 18.2 Å². The maximum atomic E-state index is 11.9. The van der Waals surface area contributed by atoms with Gasteiger partial charge in [0.15, 0.2) is 0 Å². The second-order valence-corrected chi connectivity index (χ2v) is 4.97. The van der Waals surface area contributed by atoms with E-state index >= 15 is 0 Å². The van der Waals surface area contributed by atoms with E-state index in [0.717, 1.165) is 25.5 Å². The van der Waals surface area contributed by atoms with Gasteiger partial charge in [0.25, 0.3) is 5.91 Å². The lowest BCUT2D eigenvalue weighted by atomic mass is 9.96. The third-order valence-corrected chi connectivity index (χ3v) is 2.72. The van der Waals surface area contributed by atoms with E-state index in [-0.39, 0.29) is 11.4 Å². The highest BCUT2D eigenvalue weighted by atomic mass is 16.2. The van der Waals surface area contributed by atoms with Crippen molar-refractivity contribution in [1.29, 1.82) is 0 Å². The molecule has 0 unspecified atom stereocenters. The standard InChI is InChI=1S/C14H20N2O2/c1-14(2,9-5-3-7-11-17)16-13(18)12-8-4-6-10-15-12/h4,6,8,10-11H,3,5,7,9H2,1-2H3,(H,16,18). The lowest BCUT2D eigenvalue weighted by Gasteiger charge is -2.26. The Morgan fingerprint density at radius 1 is 1.39 bits per heavy atom. The van der Waals surface area contributed by atoms with Gasteiger partial charge in [-0.2, -0.15) is 0 Å². The van der Waals surface area contributed by atoms with E-state index in [1.54, 1.807) is 24.4 Å². The van der Waals surface area contributed by atoms with Gasteiger partial charge < -0.3 is 10.1 Å². The molecule has 1 N–H and O–H groups in total. The number of carbonyl (C=O) groups is 2. The quantitative estimate of drug-likeness (QED) is 0.595. The van der Waals surface area contributed by atoms with Gasteiger partial charge in [-0.05, 0) is 38.8 Å². The number of hydrogen-bond acceptors (Lipinski definition) is 3. The van der Waals surface area contributed by atoms with Crippen molar-refractivity contribution in [2.75, 3.05) is 0 Å². The van der Waals surface area contributed by atoms with Crippen molar-refractivity contribution < 1.29 is 9.59 Å². The summed E-state index contributed by atoms with van der Waals surface area (Å²) in [5.74, 6) is -0.156. The molecule has 4 nitrogen and oxygen atoms in total. The van der Waals surface area contributed by atoms with Crippen molar-refractivity contribution in [3.8, 4) is 0 Å². The number of nitrogens with one attached hydrogen (secondary N) is 1. The largest absolute Gasteiger partial charge is 0.346 e. The highest BCUT2D eigenvalue weighted by Crippen LogP contribution is 2.14. The molecular weight excluding hydrogens is 228 g/mol. The number of carbonyl (C=O) groups excluding carboxylic acids is 2. The number of hydrogen-bond donors (Lipinski definition) is 1. The monoisotopic (exact) mass is 248 g/mol. The molecule has 0 aromatic carbocycles. The summed E-state index contributed by atoms with van der Waals surface area (Å²) in [6.07, 6.45) is 5.76. The zero-order valence-corrected chi connectivity index (χ0v) is 11.0. The number of amides is 1. The van der Waals surface area contributed by atoms with Crippen LogP contribution in [-0.2, 0) is 4.79 Å². The van der Waals surface area contributed by atoms with Crippen LogP contribution in [0.1, 0.15) is 50.0 Å². The molecule has 0 aliphatic rings. The summed E-state index contributed by atoms with van der Waals surface area (Å²) < 4.78 is 0. The lowest BCUT2D eigenvalue weighted by Crippen LogP contribution is -2.43. The summed E-state index contributed by atoms with van der Waals surface area (Å²) in [4.78, 5) is 26.1. The Morgan fingerprint density at radius 2 is 2.17 bits per heavy atom. The van der Waals surface area contributed by atoms with E-state index in [2.05, 4.69) is 10.3 Å². The molecule has 0 bridgehead atoms. The maximum Gasteiger partial charge on any atom is 0.270 e. The van der Waals surface area contributed by atoms with E-state index in [1.807, 2.05) is 13.8 Å². The second-order valence-electron chi connectivity index (χ2n) is 4.97. The van der Waals surface area contributed by atoms with Crippen LogP contribution in [-0.4, -0.2) is 22.7 Å². The molecule has 0 fully saturated rings. The minimum Gasteiger partial charge on any atom is -0.346 e. The first-order chi connectivity index (χ1) is 8.55. The number of aldehydes is 1. The van der Waals surface area contributed by atoms with Gasteiger partial charge in [0.2, 0.25) is 0 Å². The molecule has 1 aromatic rings. The van der Waals surface area contributed by atoms with Crippen LogP contribution in [0, 0.1) is 0 Å². The maximum absolute atomic E-state index is 11.9. The molecule has 0 radical (unpaired) electrons. The molecule has 0 aliphatic carbocycles. The van der Waals surface area contributed by atoms with Crippen LogP contribution in [0.2, 0.25) is 0 Å². The molecule has 1 amide bonds. The zero-order valence-electron chi connectivity index (χ0n) is 11.0.